The maximum atomic E-state index is 2.63. The largest absolute Gasteiger partial charge is 0.311 e. The molecule has 406 valence electrons. The lowest BCUT2D eigenvalue weighted by molar-refractivity contribution is 0.444. The molecule has 2 saturated carbocycles. The number of aromatic nitrogens is 1. The first kappa shape index (κ1) is 52.6. The van der Waals surface area contributed by atoms with Gasteiger partial charge in [0.25, 0.3) is 6.71 Å². The van der Waals surface area contributed by atoms with Gasteiger partial charge in [-0.15, -0.1) is 0 Å². The second kappa shape index (κ2) is 19.5. The highest BCUT2D eigenvalue weighted by Crippen LogP contribution is 2.50. The summed E-state index contributed by atoms with van der Waals surface area (Å²) in [6.07, 6.45) is 13.3. The van der Waals surface area contributed by atoms with Gasteiger partial charge in [0, 0.05) is 50.5 Å². The van der Waals surface area contributed by atoms with Crippen LogP contribution in [0.1, 0.15) is 193 Å². The molecule has 0 N–H and O–H groups in total. The Morgan fingerprint density at radius 3 is 1.21 bits per heavy atom. The highest BCUT2D eigenvalue weighted by Gasteiger charge is 2.45. The van der Waals surface area contributed by atoms with Gasteiger partial charge in [-0.1, -0.05) is 200 Å². The summed E-state index contributed by atoms with van der Waals surface area (Å²) in [5.74, 6) is 1.31. The monoisotopic (exact) mass is 1050 g/mol. The number of benzene rings is 8. The third-order valence-electron chi connectivity index (χ3n) is 19.2. The summed E-state index contributed by atoms with van der Waals surface area (Å²) >= 11 is 0. The average Bonchev–Trinajstić information content (AvgIpc) is 1.83. The summed E-state index contributed by atoms with van der Waals surface area (Å²) in [6, 6.07) is 63.3. The van der Waals surface area contributed by atoms with Gasteiger partial charge in [-0.05, 0) is 193 Å². The van der Waals surface area contributed by atoms with Crippen LogP contribution in [0.4, 0.5) is 34.1 Å². The van der Waals surface area contributed by atoms with E-state index in [1.165, 1.54) is 187 Å². The molecule has 0 saturated heterocycles. The van der Waals surface area contributed by atoms with E-state index in [0.717, 1.165) is 0 Å². The average molecular weight is 1050 g/mol. The molecule has 0 amide bonds. The second-order valence-corrected chi connectivity index (χ2v) is 28.7. The Balaban J connectivity index is 1.05. The van der Waals surface area contributed by atoms with Crippen molar-refractivity contribution in [2.45, 2.75) is 181 Å². The smallest absolute Gasteiger partial charge is 0.252 e. The Labute approximate surface area is 479 Å². The predicted octanol–water partition coefficient (Wildman–Crippen LogP) is 19.8. The van der Waals surface area contributed by atoms with Crippen LogP contribution in [0.5, 0.6) is 0 Å². The molecule has 9 aromatic rings. The zero-order chi connectivity index (χ0) is 55.6. The molecule has 8 aromatic carbocycles. The molecule has 0 radical (unpaired) electrons. The summed E-state index contributed by atoms with van der Waals surface area (Å²) in [7, 11) is 0. The van der Waals surface area contributed by atoms with Gasteiger partial charge in [0.1, 0.15) is 0 Å². The Kier molecular flexibility index (Phi) is 12.8. The molecule has 3 heterocycles. The molecule has 4 aliphatic rings. The number of hydrogen-bond donors (Lipinski definition) is 0. The van der Waals surface area contributed by atoms with Gasteiger partial charge in [-0.3, -0.25) is 0 Å². The summed E-state index contributed by atoms with van der Waals surface area (Å²) in [5.41, 5.74) is 26.1. The van der Waals surface area contributed by atoms with Crippen molar-refractivity contribution in [3.63, 3.8) is 0 Å². The molecule has 0 spiro atoms. The van der Waals surface area contributed by atoms with Crippen LogP contribution in [0, 0.1) is 0 Å². The molecule has 0 bridgehead atoms. The fourth-order valence-electron chi connectivity index (χ4n) is 14.5. The minimum atomic E-state index is -0.0434. The van der Waals surface area contributed by atoms with Crippen molar-refractivity contribution < 1.29 is 0 Å². The third kappa shape index (κ3) is 9.12. The number of rotatable bonds is 6. The number of anilines is 6. The molecule has 3 nitrogen and oxygen atoms in total. The third-order valence-corrected chi connectivity index (χ3v) is 19.2. The summed E-state index contributed by atoms with van der Waals surface area (Å²) < 4.78 is 2.56. The number of fused-ring (bicyclic) bond motifs is 7. The van der Waals surface area contributed by atoms with Crippen LogP contribution in [0.25, 0.3) is 38.6 Å². The summed E-state index contributed by atoms with van der Waals surface area (Å²) in [6.45, 7) is 28.1. The number of hydrogen-bond acceptors (Lipinski definition) is 2. The van der Waals surface area contributed by atoms with E-state index in [2.05, 4.69) is 255 Å². The Bertz CT molecular complexity index is 3710. The molecular weight excluding hydrogens is 966 g/mol. The van der Waals surface area contributed by atoms with Gasteiger partial charge in [0.2, 0.25) is 0 Å². The van der Waals surface area contributed by atoms with E-state index in [9.17, 15) is 0 Å². The van der Waals surface area contributed by atoms with Gasteiger partial charge in [-0.2, -0.15) is 0 Å². The summed E-state index contributed by atoms with van der Waals surface area (Å²) in [4.78, 5) is 5.21. The van der Waals surface area contributed by atoms with Crippen LogP contribution in [-0.4, -0.2) is 11.3 Å². The van der Waals surface area contributed by atoms with E-state index in [4.69, 9.17) is 0 Å². The quantitative estimate of drug-likeness (QED) is 0.154. The SMILES string of the molecule is CC(C)(C)c1ccc(N2c3ccc(C(C)(C)C)cc3B3c4cc(C(C)(C)C)ccc4N(c4ccc(C(C)(C)C)cc4)c4c(-c5ccc(-n6c7ccc(C8CCCCC8)cc7c7cc(C8CCCCC8)ccc76)cc5)ccc2c43)cc1. The van der Waals surface area contributed by atoms with Crippen molar-refractivity contribution in [1.82, 2.24) is 4.57 Å². The molecule has 1 aromatic heterocycles. The lowest BCUT2D eigenvalue weighted by Crippen LogP contribution is -2.61. The molecule has 2 aliphatic carbocycles. The first-order valence-electron chi connectivity index (χ1n) is 30.7. The van der Waals surface area contributed by atoms with Crippen LogP contribution in [0.15, 0.2) is 158 Å². The Morgan fingerprint density at radius 1 is 0.362 bits per heavy atom. The molecule has 0 atom stereocenters. The first-order chi connectivity index (χ1) is 38.2. The molecular formula is C76H84BN3. The van der Waals surface area contributed by atoms with E-state index in [1.807, 2.05) is 0 Å². The fourth-order valence-corrected chi connectivity index (χ4v) is 14.5. The normalized spacial score (nSPS) is 16.3. The van der Waals surface area contributed by atoms with Crippen LogP contribution < -0.4 is 26.2 Å². The molecule has 0 unspecified atom stereocenters. The van der Waals surface area contributed by atoms with Gasteiger partial charge < -0.3 is 14.4 Å². The van der Waals surface area contributed by atoms with Gasteiger partial charge in [-0.25, -0.2) is 0 Å². The summed E-state index contributed by atoms with van der Waals surface area (Å²) in [5, 5.41) is 2.81. The van der Waals surface area contributed by atoms with Crippen LogP contribution in [0.2, 0.25) is 0 Å². The zero-order valence-corrected chi connectivity index (χ0v) is 50.2. The van der Waals surface area contributed by atoms with E-state index in [0.29, 0.717) is 11.8 Å². The van der Waals surface area contributed by atoms with E-state index in [1.54, 1.807) is 0 Å². The number of nitrogens with zero attached hydrogens (tertiary/aromatic N) is 3. The fraction of sp³-hybridized carbons (Fsp3) is 0.368. The van der Waals surface area contributed by atoms with Crippen molar-refractivity contribution >= 4 is 79.0 Å². The molecule has 13 rings (SSSR count). The lowest BCUT2D eigenvalue weighted by atomic mass is 9.33. The minimum absolute atomic E-state index is 0.0152. The maximum Gasteiger partial charge on any atom is 0.252 e. The molecule has 80 heavy (non-hydrogen) atoms. The van der Waals surface area contributed by atoms with Crippen LogP contribution >= 0.6 is 0 Å². The van der Waals surface area contributed by atoms with Crippen molar-refractivity contribution in [2.24, 2.45) is 0 Å². The van der Waals surface area contributed by atoms with Crippen molar-refractivity contribution in [3.05, 3.63) is 191 Å². The highest BCUT2D eigenvalue weighted by molar-refractivity contribution is 7.00. The Hall–Kier alpha value is -6.78. The predicted molar refractivity (Wildman–Crippen MR) is 347 cm³/mol. The molecule has 2 fully saturated rings. The van der Waals surface area contributed by atoms with E-state index < -0.39 is 0 Å². The van der Waals surface area contributed by atoms with Crippen molar-refractivity contribution in [3.8, 4) is 16.8 Å². The Morgan fingerprint density at radius 2 is 0.762 bits per heavy atom. The van der Waals surface area contributed by atoms with Gasteiger partial charge in [0.15, 0.2) is 0 Å². The van der Waals surface area contributed by atoms with E-state index >= 15 is 0 Å². The van der Waals surface area contributed by atoms with E-state index in [-0.39, 0.29) is 28.4 Å². The zero-order valence-electron chi connectivity index (χ0n) is 50.2. The minimum Gasteiger partial charge on any atom is -0.311 e. The van der Waals surface area contributed by atoms with Crippen molar-refractivity contribution in [2.75, 3.05) is 9.80 Å². The standard InChI is InChI=1S/C76H84BN3/c1-73(2,3)54-27-35-59(36-28-54)79-68-42-31-56(75(7,8)9)47-64(68)77-65-48-57(76(10,11)12)32-43-69(65)80(60-37-29-55(30-38-60)74(4,5)6)72-61(39-44-70(79)71(72)77)51-23-33-58(34-24-51)78-66-40-25-52(49-19-15-13-16-20-49)45-62(66)63-46-53(26-41-67(63)78)50-21-17-14-18-22-50/h23-50H,13-22H2,1-12H3. The maximum absolute atomic E-state index is 2.63. The second-order valence-electron chi connectivity index (χ2n) is 28.7. The van der Waals surface area contributed by atoms with Crippen LogP contribution in [-0.2, 0) is 21.7 Å². The topological polar surface area (TPSA) is 11.4 Å². The molecule has 4 heteroatoms. The lowest BCUT2D eigenvalue weighted by Gasteiger charge is -2.45. The molecule has 2 aliphatic heterocycles. The van der Waals surface area contributed by atoms with Crippen LogP contribution in [0.3, 0.4) is 0 Å². The highest BCUT2D eigenvalue weighted by atomic mass is 15.2. The van der Waals surface area contributed by atoms with Gasteiger partial charge >= 0.3 is 0 Å². The first-order valence-corrected chi connectivity index (χ1v) is 30.7. The van der Waals surface area contributed by atoms with Crippen molar-refractivity contribution in [1.29, 1.82) is 0 Å². The van der Waals surface area contributed by atoms with Gasteiger partial charge in [0.05, 0.1) is 16.7 Å².